The fourth-order valence-corrected chi connectivity index (χ4v) is 2.60. The summed E-state index contributed by atoms with van der Waals surface area (Å²) in [5.74, 6) is -0.329. The lowest BCUT2D eigenvalue weighted by atomic mass is 9.84. The van der Waals surface area contributed by atoms with Crippen molar-refractivity contribution in [3.63, 3.8) is 0 Å². The lowest BCUT2D eigenvalue weighted by Crippen LogP contribution is -2.39. The number of methoxy groups -OCH3 is 1. The van der Waals surface area contributed by atoms with E-state index in [4.69, 9.17) is 0 Å². The van der Waals surface area contributed by atoms with Crippen molar-refractivity contribution in [2.24, 2.45) is 5.41 Å². The highest BCUT2D eigenvalue weighted by molar-refractivity contribution is 6.02. The molecule has 2 rings (SSSR count). The average molecular weight is 356 g/mol. The maximum Gasteiger partial charge on any atom is 0.411 e. The van der Waals surface area contributed by atoms with Crippen LogP contribution in [0.25, 0.3) is 0 Å². The van der Waals surface area contributed by atoms with E-state index in [-0.39, 0.29) is 12.5 Å². The quantitative estimate of drug-likeness (QED) is 0.712. The minimum Gasteiger partial charge on any atom is -0.453 e. The van der Waals surface area contributed by atoms with E-state index >= 15 is 0 Å². The number of aliphatic hydroxyl groups excluding tert-OH is 1. The van der Waals surface area contributed by atoms with Crippen molar-refractivity contribution in [1.82, 2.24) is 5.32 Å². The maximum atomic E-state index is 12.6. The summed E-state index contributed by atoms with van der Waals surface area (Å²) < 4.78 is 4.57. The smallest absolute Gasteiger partial charge is 0.411 e. The van der Waals surface area contributed by atoms with Gasteiger partial charge in [0.2, 0.25) is 0 Å². The molecule has 3 N–H and O–H groups in total. The van der Waals surface area contributed by atoms with Crippen LogP contribution < -0.4 is 10.6 Å². The maximum absolute atomic E-state index is 12.6. The van der Waals surface area contributed by atoms with Crippen molar-refractivity contribution < 1.29 is 19.4 Å². The van der Waals surface area contributed by atoms with Gasteiger partial charge < -0.3 is 15.2 Å². The molecule has 138 valence electrons. The monoisotopic (exact) mass is 356 g/mol. The number of para-hydroxylation sites is 1. The fourth-order valence-electron chi connectivity index (χ4n) is 2.60. The number of carbonyl (C=O) groups excluding carboxylic acids is 2. The van der Waals surface area contributed by atoms with Crippen LogP contribution in [-0.4, -0.2) is 37.4 Å². The molecule has 0 saturated heterocycles. The zero-order chi connectivity index (χ0) is 19.0. The SMILES string of the molecule is COC(=O)Nc1ccccc1C(=O)NC[C@@](C)(CO)Cc1ccccc1. The number of aliphatic hydroxyl groups is 1. The minimum absolute atomic E-state index is 0.0652. The highest BCUT2D eigenvalue weighted by Gasteiger charge is 2.25. The Morgan fingerprint density at radius 2 is 1.73 bits per heavy atom. The predicted octanol–water partition coefficient (Wildman–Crippen LogP) is 2.84. The molecule has 2 aromatic carbocycles. The molecule has 0 aliphatic heterocycles. The number of hydrogen-bond donors (Lipinski definition) is 3. The lowest BCUT2D eigenvalue weighted by molar-refractivity contribution is 0.0896. The third-order valence-electron chi connectivity index (χ3n) is 4.12. The van der Waals surface area contributed by atoms with Crippen molar-refractivity contribution in [2.45, 2.75) is 13.3 Å². The topological polar surface area (TPSA) is 87.7 Å². The summed E-state index contributed by atoms with van der Waals surface area (Å²) in [4.78, 5) is 24.0. The average Bonchev–Trinajstić information content (AvgIpc) is 2.67. The number of hydrogen-bond acceptors (Lipinski definition) is 4. The van der Waals surface area contributed by atoms with Gasteiger partial charge in [0, 0.05) is 12.0 Å². The molecule has 6 heteroatoms. The Morgan fingerprint density at radius 3 is 2.38 bits per heavy atom. The van der Waals surface area contributed by atoms with Gasteiger partial charge in [0.05, 0.1) is 25.0 Å². The van der Waals surface area contributed by atoms with Crippen LogP contribution in [0.4, 0.5) is 10.5 Å². The number of amides is 2. The van der Waals surface area contributed by atoms with E-state index in [2.05, 4.69) is 15.4 Å². The van der Waals surface area contributed by atoms with Gasteiger partial charge in [-0.25, -0.2) is 4.79 Å². The van der Waals surface area contributed by atoms with Crippen LogP contribution in [0.15, 0.2) is 54.6 Å². The van der Waals surface area contributed by atoms with Gasteiger partial charge >= 0.3 is 6.09 Å². The first-order valence-electron chi connectivity index (χ1n) is 8.34. The molecule has 0 heterocycles. The molecule has 0 aliphatic rings. The summed E-state index contributed by atoms with van der Waals surface area (Å²) >= 11 is 0. The molecule has 0 radical (unpaired) electrons. The van der Waals surface area contributed by atoms with Crippen molar-refractivity contribution in [2.75, 3.05) is 25.6 Å². The van der Waals surface area contributed by atoms with Gasteiger partial charge in [-0.15, -0.1) is 0 Å². The third-order valence-corrected chi connectivity index (χ3v) is 4.12. The summed E-state index contributed by atoms with van der Waals surface area (Å²) in [6, 6.07) is 16.5. The van der Waals surface area contributed by atoms with Crippen LogP contribution in [0.5, 0.6) is 0 Å². The Labute approximate surface area is 153 Å². The molecule has 26 heavy (non-hydrogen) atoms. The summed E-state index contributed by atoms with van der Waals surface area (Å²) in [6.07, 6.45) is -0.0123. The summed E-state index contributed by atoms with van der Waals surface area (Å²) in [7, 11) is 1.26. The molecule has 0 aromatic heterocycles. The zero-order valence-corrected chi connectivity index (χ0v) is 15.0. The van der Waals surface area contributed by atoms with Gasteiger partial charge in [0.25, 0.3) is 5.91 Å². The van der Waals surface area contributed by atoms with Crippen molar-refractivity contribution in [1.29, 1.82) is 0 Å². The number of ether oxygens (including phenoxy) is 1. The van der Waals surface area contributed by atoms with Crippen LogP contribution in [0.2, 0.25) is 0 Å². The van der Waals surface area contributed by atoms with Crippen LogP contribution in [0.3, 0.4) is 0 Å². The first kappa shape index (κ1) is 19.5. The summed E-state index contributed by atoms with van der Waals surface area (Å²) in [5, 5.41) is 15.2. The van der Waals surface area contributed by atoms with Crippen molar-refractivity contribution >= 4 is 17.7 Å². The molecule has 0 spiro atoms. The van der Waals surface area contributed by atoms with Crippen LogP contribution in [-0.2, 0) is 11.2 Å². The highest BCUT2D eigenvalue weighted by atomic mass is 16.5. The molecule has 0 aliphatic carbocycles. The molecule has 2 aromatic rings. The Balaban J connectivity index is 2.06. The summed E-state index contributed by atoms with van der Waals surface area (Å²) in [5.41, 5.74) is 1.29. The number of anilines is 1. The van der Waals surface area contributed by atoms with Gasteiger partial charge in [0.15, 0.2) is 0 Å². The van der Waals surface area contributed by atoms with E-state index in [0.717, 1.165) is 5.56 Å². The molecule has 0 saturated carbocycles. The molecule has 2 amide bonds. The van der Waals surface area contributed by atoms with E-state index in [0.29, 0.717) is 24.2 Å². The zero-order valence-electron chi connectivity index (χ0n) is 15.0. The summed E-state index contributed by atoms with van der Waals surface area (Å²) in [6.45, 7) is 2.15. The van der Waals surface area contributed by atoms with Crippen molar-refractivity contribution in [3.05, 3.63) is 65.7 Å². The van der Waals surface area contributed by atoms with Crippen molar-refractivity contribution in [3.8, 4) is 0 Å². The van der Waals surface area contributed by atoms with E-state index < -0.39 is 11.5 Å². The van der Waals surface area contributed by atoms with E-state index in [1.807, 2.05) is 37.3 Å². The largest absolute Gasteiger partial charge is 0.453 e. The third kappa shape index (κ3) is 5.32. The molecule has 0 unspecified atom stereocenters. The normalized spacial score (nSPS) is 12.7. The highest BCUT2D eigenvalue weighted by Crippen LogP contribution is 2.22. The minimum atomic E-state index is -0.644. The molecule has 0 bridgehead atoms. The number of nitrogens with one attached hydrogen (secondary N) is 2. The van der Waals surface area contributed by atoms with E-state index in [1.54, 1.807) is 24.3 Å². The first-order valence-corrected chi connectivity index (χ1v) is 8.34. The standard InChI is InChI=1S/C20H24N2O4/c1-20(14-23,12-15-8-4-3-5-9-15)13-21-18(24)16-10-6-7-11-17(16)22-19(25)26-2/h3-11,23H,12-14H2,1-2H3,(H,21,24)(H,22,25)/t20-/m0/s1. The van der Waals surface area contributed by atoms with Gasteiger partial charge in [-0.05, 0) is 24.1 Å². The second-order valence-electron chi connectivity index (χ2n) is 6.48. The molecule has 6 nitrogen and oxygen atoms in total. The number of rotatable bonds is 7. The van der Waals surface area contributed by atoms with Crippen LogP contribution in [0.1, 0.15) is 22.8 Å². The molecule has 0 fully saturated rings. The fraction of sp³-hybridized carbons (Fsp3) is 0.300. The van der Waals surface area contributed by atoms with Gasteiger partial charge in [0.1, 0.15) is 0 Å². The molecular weight excluding hydrogens is 332 g/mol. The first-order chi connectivity index (χ1) is 12.5. The van der Waals surface area contributed by atoms with E-state index in [9.17, 15) is 14.7 Å². The predicted molar refractivity (Wildman–Crippen MR) is 100 cm³/mol. The Kier molecular flexibility index (Phi) is 6.74. The number of benzene rings is 2. The van der Waals surface area contributed by atoms with Gasteiger partial charge in [-0.2, -0.15) is 0 Å². The lowest BCUT2D eigenvalue weighted by Gasteiger charge is -2.28. The van der Waals surface area contributed by atoms with Gasteiger partial charge in [-0.3, -0.25) is 10.1 Å². The second-order valence-corrected chi connectivity index (χ2v) is 6.48. The van der Waals surface area contributed by atoms with Gasteiger partial charge in [-0.1, -0.05) is 49.4 Å². The van der Waals surface area contributed by atoms with E-state index in [1.165, 1.54) is 7.11 Å². The Bertz CT molecular complexity index is 748. The number of carbonyl (C=O) groups is 2. The Hall–Kier alpha value is -2.86. The second kappa shape index (κ2) is 9.01. The molecular formula is C20H24N2O4. The van der Waals surface area contributed by atoms with Crippen LogP contribution >= 0.6 is 0 Å². The Morgan fingerprint density at radius 1 is 1.08 bits per heavy atom. The molecule has 1 atom stereocenters. The van der Waals surface area contributed by atoms with Crippen LogP contribution in [0, 0.1) is 5.41 Å².